The summed E-state index contributed by atoms with van der Waals surface area (Å²) in [5.41, 5.74) is 6.00. The van der Waals surface area contributed by atoms with Gasteiger partial charge in [-0.3, -0.25) is 9.69 Å². The summed E-state index contributed by atoms with van der Waals surface area (Å²) in [6.45, 7) is 13.2. The molecule has 1 fully saturated rings. The van der Waals surface area contributed by atoms with Gasteiger partial charge in [0.15, 0.2) is 0 Å². The molecule has 35 heavy (non-hydrogen) atoms. The molecule has 4 rings (SSSR count). The van der Waals surface area contributed by atoms with Gasteiger partial charge in [0, 0.05) is 44.5 Å². The molecule has 1 unspecified atom stereocenters. The van der Waals surface area contributed by atoms with Crippen molar-refractivity contribution in [1.82, 2.24) is 19.8 Å². The number of carbonyl (C=O) groups excluding carboxylic acids is 1. The third-order valence-corrected chi connectivity index (χ3v) is 7.40. The maximum absolute atomic E-state index is 13.0. The van der Waals surface area contributed by atoms with E-state index in [1.165, 1.54) is 11.3 Å². The molecule has 1 aromatic carbocycles. The Morgan fingerprint density at radius 2 is 1.83 bits per heavy atom. The Bertz CT molecular complexity index is 1160. The van der Waals surface area contributed by atoms with Crippen LogP contribution in [0.2, 0.25) is 0 Å². The number of nitrogens with zero attached hydrogens (tertiary/aromatic N) is 3. The monoisotopic (exact) mass is 474 g/mol. The van der Waals surface area contributed by atoms with E-state index in [2.05, 4.69) is 91.1 Å². The predicted molar refractivity (Wildman–Crippen MR) is 141 cm³/mol. The third-order valence-electron chi connectivity index (χ3n) is 7.40. The van der Waals surface area contributed by atoms with Gasteiger partial charge in [0.25, 0.3) is 0 Å². The number of nitrogens with one attached hydrogen (secondary N) is 1. The van der Waals surface area contributed by atoms with Crippen LogP contribution in [0.4, 0.5) is 0 Å². The van der Waals surface area contributed by atoms with Gasteiger partial charge in [-0.2, -0.15) is 0 Å². The fourth-order valence-electron chi connectivity index (χ4n) is 4.24. The molecule has 0 amide bonds. The molecule has 0 bridgehead atoms. The van der Waals surface area contributed by atoms with Crippen LogP contribution < -0.4 is 5.32 Å². The lowest BCUT2D eigenvalue weighted by Crippen LogP contribution is -2.56. The van der Waals surface area contributed by atoms with Gasteiger partial charge in [0.1, 0.15) is 11.6 Å². The molecule has 1 atom stereocenters. The fourth-order valence-corrected chi connectivity index (χ4v) is 4.24. The lowest BCUT2D eigenvalue weighted by atomic mass is 9.94. The number of aryl methyl sites for hydroxylation is 1. The van der Waals surface area contributed by atoms with E-state index in [0.717, 1.165) is 35.7 Å². The van der Waals surface area contributed by atoms with Gasteiger partial charge in [-0.15, -0.1) is 0 Å². The van der Waals surface area contributed by atoms with Crippen molar-refractivity contribution in [2.45, 2.75) is 52.8 Å². The van der Waals surface area contributed by atoms with Gasteiger partial charge in [0.2, 0.25) is 0 Å². The standard InChI is InChI=1S/C29H38N4O2/c1-20(2)29(4,5)35-28(34)27-18-30-16-17-33(27)19-22-11-13-23(14-12-22)24-8-7-9-25(31-24)26-15-10-21(3)32(26)6/h7-15,20,27,30H,16-19H2,1-6H3. The number of hydrogen-bond acceptors (Lipinski definition) is 5. The van der Waals surface area contributed by atoms with E-state index in [-0.39, 0.29) is 17.9 Å². The normalized spacial score (nSPS) is 17.1. The van der Waals surface area contributed by atoms with Crippen LogP contribution in [0.5, 0.6) is 0 Å². The molecule has 186 valence electrons. The van der Waals surface area contributed by atoms with Gasteiger partial charge < -0.3 is 14.6 Å². The second-order valence-corrected chi connectivity index (χ2v) is 10.4. The third kappa shape index (κ3) is 5.65. The Labute approximate surface area is 209 Å². The quantitative estimate of drug-likeness (QED) is 0.498. The lowest BCUT2D eigenvalue weighted by Gasteiger charge is -2.37. The van der Waals surface area contributed by atoms with Crippen LogP contribution in [0.3, 0.4) is 0 Å². The highest BCUT2D eigenvalue weighted by molar-refractivity contribution is 5.76. The molecule has 0 spiro atoms. The second kappa shape index (κ2) is 10.3. The molecule has 6 heteroatoms. The largest absolute Gasteiger partial charge is 0.458 e. The zero-order valence-corrected chi connectivity index (χ0v) is 21.8. The number of ether oxygens (including phenoxy) is 1. The Balaban J connectivity index is 1.47. The molecule has 1 aliphatic rings. The number of rotatable bonds is 7. The first kappa shape index (κ1) is 25.1. The van der Waals surface area contributed by atoms with Gasteiger partial charge in [-0.05, 0) is 56.5 Å². The van der Waals surface area contributed by atoms with Gasteiger partial charge >= 0.3 is 5.97 Å². The topological polar surface area (TPSA) is 59.4 Å². The first-order valence-electron chi connectivity index (χ1n) is 12.5. The van der Waals surface area contributed by atoms with Crippen LogP contribution in [-0.2, 0) is 23.1 Å². The van der Waals surface area contributed by atoms with E-state index in [1.807, 2.05) is 19.9 Å². The molecule has 2 aromatic heterocycles. The molecule has 1 saturated heterocycles. The van der Waals surface area contributed by atoms with E-state index in [4.69, 9.17) is 9.72 Å². The lowest BCUT2D eigenvalue weighted by molar-refractivity contribution is -0.168. The van der Waals surface area contributed by atoms with E-state index < -0.39 is 5.60 Å². The Hall–Kier alpha value is -2.96. The average Bonchev–Trinajstić information content (AvgIpc) is 3.17. The number of piperazine rings is 1. The van der Waals surface area contributed by atoms with Crippen molar-refractivity contribution in [1.29, 1.82) is 0 Å². The average molecular weight is 475 g/mol. The molecule has 0 radical (unpaired) electrons. The number of aromatic nitrogens is 2. The van der Waals surface area contributed by atoms with Crippen LogP contribution >= 0.6 is 0 Å². The first-order chi connectivity index (χ1) is 16.7. The van der Waals surface area contributed by atoms with Crippen molar-refractivity contribution in [3.63, 3.8) is 0 Å². The summed E-state index contributed by atoms with van der Waals surface area (Å²) in [4.78, 5) is 20.2. The van der Waals surface area contributed by atoms with E-state index in [0.29, 0.717) is 13.1 Å². The molecule has 1 N–H and O–H groups in total. The highest BCUT2D eigenvalue weighted by atomic mass is 16.6. The Kier molecular flexibility index (Phi) is 7.43. The molecule has 6 nitrogen and oxygen atoms in total. The molecule has 1 aliphatic heterocycles. The highest BCUT2D eigenvalue weighted by Crippen LogP contribution is 2.25. The van der Waals surface area contributed by atoms with E-state index >= 15 is 0 Å². The number of hydrogen-bond donors (Lipinski definition) is 1. The molecular weight excluding hydrogens is 436 g/mol. The molecule has 3 heterocycles. The fraction of sp³-hybridized carbons (Fsp3) is 0.448. The molecule has 3 aromatic rings. The second-order valence-electron chi connectivity index (χ2n) is 10.4. The smallest absolute Gasteiger partial charge is 0.325 e. The minimum atomic E-state index is -0.485. The zero-order valence-electron chi connectivity index (χ0n) is 21.8. The van der Waals surface area contributed by atoms with Crippen LogP contribution in [0.15, 0.2) is 54.6 Å². The van der Waals surface area contributed by atoms with Gasteiger partial charge in [-0.25, -0.2) is 4.98 Å². The van der Waals surface area contributed by atoms with Crippen LogP contribution in [0.1, 0.15) is 39.0 Å². The van der Waals surface area contributed by atoms with Crippen molar-refractivity contribution in [2.75, 3.05) is 19.6 Å². The summed E-state index contributed by atoms with van der Waals surface area (Å²) in [6.07, 6.45) is 0. The Morgan fingerprint density at radius 1 is 1.11 bits per heavy atom. The van der Waals surface area contributed by atoms with Crippen molar-refractivity contribution in [3.05, 3.63) is 65.9 Å². The predicted octanol–water partition coefficient (Wildman–Crippen LogP) is 4.81. The summed E-state index contributed by atoms with van der Waals surface area (Å²) in [5.74, 6) is 0.103. The highest BCUT2D eigenvalue weighted by Gasteiger charge is 2.35. The van der Waals surface area contributed by atoms with Crippen LogP contribution in [0, 0.1) is 12.8 Å². The summed E-state index contributed by atoms with van der Waals surface area (Å²) >= 11 is 0. The number of pyridine rings is 1. The summed E-state index contributed by atoms with van der Waals surface area (Å²) in [7, 11) is 2.07. The molecule has 0 saturated carbocycles. The number of benzene rings is 1. The molecule has 0 aliphatic carbocycles. The van der Waals surface area contributed by atoms with Gasteiger partial charge in [0.05, 0.1) is 17.1 Å². The summed E-state index contributed by atoms with van der Waals surface area (Å²) < 4.78 is 8.07. The van der Waals surface area contributed by atoms with Crippen molar-refractivity contribution in [3.8, 4) is 22.6 Å². The SMILES string of the molecule is Cc1ccc(-c2cccc(-c3ccc(CN4CCNCC4C(=O)OC(C)(C)C(C)C)cc3)n2)n1C. The maximum Gasteiger partial charge on any atom is 0.325 e. The maximum atomic E-state index is 13.0. The van der Waals surface area contributed by atoms with Crippen molar-refractivity contribution in [2.24, 2.45) is 13.0 Å². The van der Waals surface area contributed by atoms with Crippen molar-refractivity contribution >= 4 is 5.97 Å². The van der Waals surface area contributed by atoms with E-state index in [9.17, 15) is 4.79 Å². The van der Waals surface area contributed by atoms with Gasteiger partial charge in [-0.1, -0.05) is 44.2 Å². The summed E-state index contributed by atoms with van der Waals surface area (Å²) in [5, 5.41) is 3.35. The number of esters is 1. The van der Waals surface area contributed by atoms with Crippen LogP contribution in [0.25, 0.3) is 22.6 Å². The summed E-state index contributed by atoms with van der Waals surface area (Å²) in [6, 6.07) is 18.6. The minimum absolute atomic E-state index is 0.149. The number of carbonyl (C=O) groups is 1. The molecular formula is C29H38N4O2. The van der Waals surface area contributed by atoms with E-state index in [1.54, 1.807) is 0 Å². The first-order valence-corrected chi connectivity index (χ1v) is 12.5. The Morgan fingerprint density at radius 3 is 2.49 bits per heavy atom. The minimum Gasteiger partial charge on any atom is -0.458 e. The van der Waals surface area contributed by atoms with Crippen LogP contribution in [-0.4, -0.2) is 51.7 Å². The van der Waals surface area contributed by atoms with Crippen molar-refractivity contribution < 1.29 is 9.53 Å². The zero-order chi connectivity index (χ0) is 25.2.